The monoisotopic (exact) mass is 265 g/mol. The Morgan fingerprint density at radius 2 is 2.05 bits per heavy atom. The van der Waals surface area contributed by atoms with E-state index in [4.69, 9.17) is 10.00 Å². The number of nitrogens with zero attached hydrogens (tertiary/aromatic N) is 2. The van der Waals surface area contributed by atoms with Crippen molar-refractivity contribution in [2.75, 3.05) is 5.32 Å². The van der Waals surface area contributed by atoms with E-state index in [1.165, 1.54) is 6.20 Å². The highest BCUT2D eigenvalue weighted by atomic mass is 16.5. The topological polar surface area (TPSA) is 75.0 Å². The lowest BCUT2D eigenvalue weighted by atomic mass is 10.0. The van der Waals surface area contributed by atoms with E-state index in [2.05, 4.69) is 10.3 Å². The number of benzene rings is 1. The Morgan fingerprint density at radius 3 is 2.80 bits per heavy atom. The first-order valence-corrected chi connectivity index (χ1v) is 6.21. The summed E-state index contributed by atoms with van der Waals surface area (Å²) in [6, 6.07) is 10.8. The normalized spacial score (nSPS) is 13.1. The van der Waals surface area contributed by atoms with Gasteiger partial charge < -0.3 is 10.1 Å². The molecule has 2 heterocycles. The number of aryl methyl sites for hydroxylation is 1. The molecule has 1 aliphatic rings. The number of pyridine rings is 1. The van der Waals surface area contributed by atoms with Crippen molar-refractivity contribution in [3.63, 3.8) is 0 Å². The molecule has 3 rings (SSSR count). The van der Waals surface area contributed by atoms with Gasteiger partial charge in [-0.3, -0.25) is 4.79 Å². The molecule has 0 radical (unpaired) electrons. The first kappa shape index (κ1) is 12.2. The number of aromatic nitrogens is 1. The van der Waals surface area contributed by atoms with Crippen LogP contribution in [-0.2, 0) is 11.2 Å². The zero-order valence-corrected chi connectivity index (χ0v) is 10.6. The molecule has 0 spiro atoms. The van der Waals surface area contributed by atoms with Crippen LogP contribution in [0.25, 0.3) is 0 Å². The minimum Gasteiger partial charge on any atom is -0.456 e. The van der Waals surface area contributed by atoms with Crippen molar-refractivity contribution >= 4 is 11.6 Å². The molecule has 1 N–H and O–H groups in total. The highest BCUT2D eigenvalue weighted by Crippen LogP contribution is 2.29. The van der Waals surface area contributed by atoms with Gasteiger partial charge in [0.1, 0.15) is 23.3 Å². The van der Waals surface area contributed by atoms with E-state index in [0.29, 0.717) is 30.0 Å². The minimum absolute atomic E-state index is 0.0439. The lowest BCUT2D eigenvalue weighted by Gasteiger charge is -2.17. The Morgan fingerprint density at radius 1 is 1.20 bits per heavy atom. The van der Waals surface area contributed by atoms with Gasteiger partial charge in [-0.25, -0.2) is 4.98 Å². The van der Waals surface area contributed by atoms with Crippen LogP contribution in [0.3, 0.4) is 0 Å². The molecule has 98 valence electrons. The molecule has 1 aliphatic heterocycles. The highest BCUT2D eigenvalue weighted by Gasteiger charge is 2.15. The summed E-state index contributed by atoms with van der Waals surface area (Å²) in [5.41, 5.74) is 2.25. The van der Waals surface area contributed by atoms with Gasteiger partial charge in [0.25, 0.3) is 0 Å². The van der Waals surface area contributed by atoms with Crippen LogP contribution in [0, 0.1) is 11.3 Å². The Kier molecular flexibility index (Phi) is 3.05. The number of nitriles is 1. The lowest BCUT2D eigenvalue weighted by Crippen LogP contribution is -2.18. The fourth-order valence-electron chi connectivity index (χ4n) is 2.07. The molecule has 0 saturated carbocycles. The third kappa shape index (κ3) is 2.45. The quantitative estimate of drug-likeness (QED) is 0.905. The molecule has 1 aromatic carbocycles. The van der Waals surface area contributed by atoms with Crippen LogP contribution in [0.1, 0.15) is 17.7 Å². The summed E-state index contributed by atoms with van der Waals surface area (Å²) in [7, 11) is 0. The zero-order valence-electron chi connectivity index (χ0n) is 10.6. The van der Waals surface area contributed by atoms with Gasteiger partial charge in [-0.2, -0.15) is 5.26 Å². The van der Waals surface area contributed by atoms with Crippen LogP contribution in [0.5, 0.6) is 11.5 Å². The first-order valence-electron chi connectivity index (χ1n) is 6.21. The van der Waals surface area contributed by atoms with Crippen molar-refractivity contribution in [1.29, 1.82) is 5.26 Å². The Bertz CT molecular complexity index is 702. The second kappa shape index (κ2) is 5.02. The lowest BCUT2D eigenvalue weighted by molar-refractivity contribution is -0.116. The minimum atomic E-state index is 0.0439. The molecular weight excluding hydrogens is 254 g/mol. The second-order valence-electron chi connectivity index (χ2n) is 4.46. The summed E-state index contributed by atoms with van der Waals surface area (Å²) in [6.07, 6.45) is 2.72. The standard InChI is InChI=1S/C15H11N3O2/c16-8-11-2-3-13(9-17-11)20-12-4-5-14-10(7-12)1-6-15(19)18-14/h2-5,7,9H,1,6H2,(H,18,19). The van der Waals surface area contributed by atoms with Crippen LogP contribution in [0.2, 0.25) is 0 Å². The number of amides is 1. The van der Waals surface area contributed by atoms with Crippen LogP contribution >= 0.6 is 0 Å². The molecule has 0 atom stereocenters. The largest absolute Gasteiger partial charge is 0.456 e. The van der Waals surface area contributed by atoms with Gasteiger partial charge in [-0.15, -0.1) is 0 Å². The Balaban J connectivity index is 1.81. The van der Waals surface area contributed by atoms with Crippen LogP contribution < -0.4 is 10.1 Å². The molecule has 5 heteroatoms. The van der Waals surface area contributed by atoms with Gasteiger partial charge >= 0.3 is 0 Å². The van der Waals surface area contributed by atoms with Crippen molar-refractivity contribution in [1.82, 2.24) is 4.98 Å². The number of ether oxygens (including phenoxy) is 1. The smallest absolute Gasteiger partial charge is 0.224 e. The van der Waals surface area contributed by atoms with Gasteiger partial charge in [0, 0.05) is 12.1 Å². The van der Waals surface area contributed by atoms with E-state index in [1.54, 1.807) is 18.2 Å². The molecule has 2 aromatic rings. The Hall–Kier alpha value is -2.87. The predicted octanol–water partition coefficient (Wildman–Crippen LogP) is 2.63. The molecule has 1 aromatic heterocycles. The molecule has 0 saturated heterocycles. The summed E-state index contributed by atoms with van der Waals surface area (Å²) in [5.74, 6) is 1.30. The van der Waals surface area contributed by atoms with E-state index >= 15 is 0 Å². The number of rotatable bonds is 2. The molecule has 0 aliphatic carbocycles. The number of carbonyl (C=O) groups excluding carboxylic acids is 1. The number of hydrogen-bond donors (Lipinski definition) is 1. The van der Waals surface area contributed by atoms with Crippen molar-refractivity contribution in [3.05, 3.63) is 47.8 Å². The maximum Gasteiger partial charge on any atom is 0.224 e. The zero-order chi connectivity index (χ0) is 13.9. The van der Waals surface area contributed by atoms with Gasteiger partial charge in [0.2, 0.25) is 5.91 Å². The van der Waals surface area contributed by atoms with Crippen molar-refractivity contribution in [3.8, 4) is 17.6 Å². The van der Waals surface area contributed by atoms with E-state index in [-0.39, 0.29) is 5.91 Å². The molecule has 0 unspecified atom stereocenters. The van der Waals surface area contributed by atoms with Crippen molar-refractivity contribution in [2.45, 2.75) is 12.8 Å². The van der Waals surface area contributed by atoms with Crippen LogP contribution in [0.4, 0.5) is 5.69 Å². The fourth-order valence-corrected chi connectivity index (χ4v) is 2.07. The summed E-state index contributed by atoms with van der Waals surface area (Å²) in [6.45, 7) is 0. The summed E-state index contributed by atoms with van der Waals surface area (Å²) >= 11 is 0. The van der Waals surface area contributed by atoms with E-state index < -0.39 is 0 Å². The fraction of sp³-hybridized carbons (Fsp3) is 0.133. The van der Waals surface area contributed by atoms with E-state index in [0.717, 1.165) is 11.3 Å². The van der Waals surface area contributed by atoms with E-state index in [9.17, 15) is 4.79 Å². The second-order valence-corrected chi connectivity index (χ2v) is 4.46. The van der Waals surface area contributed by atoms with Crippen molar-refractivity contribution < 1.29 is 9.53 Å². The van der Waals surface area contributed by atoms with Gasteiger partial charge in [0.05, 0.1) is 6.20 Å². The van der Waals surface area contributed by atoms with Gasteiger partial charge in [-0.1, -0.05) is 0 Å². The third-order valence-electron chi connectivity index (χ3n) is 3.06. The number of nitrogens with one attached hydrogen (secondary N) is 1. The van der Waals surface area contributed by atoms with Crippen molar-refractivity contribution in [2.24, 2.45) is 0 Å². The summed E-state index contributed by atoms with van der Waals surface area (Å²) < 4.78 is 5.69. The van der Waals surface area contributed by atoms with E-state index in [1.807, 2.05) is 18.2 Å². The van der Waals surface area contributed by atoms with Gasteiger partial charge in [0.15, 0.2) is 0 Å². The molecule has 20 heavy (non-hydrogen) atoms. The average molecular weight is 265 g/mol. The molecule has 1 amide bonds. The molecule has 5 nitrogen and oxygen atoms in total. The third-order valence-corrected chi connectivity index (χ3v) is 3.06. The maximum absolute atomic E-state index is 11.3. The first-order chi connectivity index (χ1) is 9.74. The SMILES string of the molecule is N#Cc1ccc(Oc2ccc3c(c2)CCC(=O)N3)cn1. The maximum atomic E-state index is 11.3. The number of fused-ring (bicyclic) bond motifs is 1. The molecule has 0 fully saturated rings. The van der Waals surface area contributed by atoms with Gasteiger partial charge in [-0.05, 0) is 42.3 Å². The summed E-state index contributed by atoms with van der Waals surface area (Å²) in [5, 5.41) is 11.5. The highest BCUT2D eigenvalue weighted by molar-refractivity contribution is 5.94. The predicted molar refractivity (Wildman–Crippen MR) is 72.4 cm³/mol. The molecule has 0 bridgehead atoms. The summed E-state index contributed by atoms with van der Waals surface area (Å²) in [4.78, 5) is 15.2. The number of anilines is 1. The molecular formula is C15H11N3O2. The Labute approximate surface area is 115 Å². The number of hydrogen-bond acceptors (Lipinski definition) is 4. The number of carbonyl (C=O) groups is 1. The van der Waals surface area contributed by atoms with Crippen LogP contribution in [-0.4, -0.2) is 10.9 Å². The van der Waals surface area contributed by atoms with Crippen LogP contribution in [0.15, 0.2) is 36.5 Å². The average Bonchev–Trinajstić information content (AvgIpc) is 2.48.